The van der Waals surface area contributed by atoms with E-state index in [1.54, 1.807) is 12.1 Å². The van der Waals surface area contributed by atoms with Crippen LogP contribution in [-0.2, 0) is 13.1 Å². The maximum Gasteiger partial charge on any atom is 0.115 e. The summed E-state index contributed by atoms with van der Waals surface area (Å²) in [7, 11) is 4.13. The highest BCUT2D eigenvalue weighted by atomic mass is 16.3. The normalized spacial score (nSPS) is 10.7. The van der Waals surface area contributed by atoms with Crippen molar-refractivity contribution in [1.82, 2.24) is 4.90 Å². The van der Waals surface area contributed by atoms with Crippen LogP contribution in [0.15, 0.2) is 48.5 Å². The molecule has 2 aromatic rings. The highest BCUT2D eigenvalue weighted by molar-refractivity contribution is 5.46. The van der Waals surface area contributed by atoms with Crippen LogP contribution in [0.5, 0.6) is 5.75 Å². The third kappa shape index (κ3) is 4.30. The van der Waals surface area contributed by atoms with E-state index in [-0.39, 0.29) is 0 Å². The molecule has 0 heterocycles. The zero-order chi connectivity index (χ0) is 13.7. The average Bonchev–Trinajstić information content (AvgIpc) is 2.38. The zero-order valence-electron chi connectivity index (χ0n) is 11.4. The van der Waals surface area contributed by atoms with Crippen molar-refractivity contribution < 1.29 is 5.11 Å². The van der Waals surface area contributed by atoms with Crippen LogP contribution < -0.4 is 5.32 Å². The van der Waals surface area contributed by atoms with Crippen molar-refractivity contribution in [3.8, 4) is 5.75 Å². The number of phenolic OH excluding ortho intramolecular Hbond substituents is 1. The van der Waals surface area contributed by atoms with Gasteiger partial charge >= 0.3 is 0 Å². The molecule has 0 aliphatic carbocycles. The monoisotopic (exact) mass is 256 g/mol. The van der Waals surface area contributed by atoms with Gasteiger partial charge in [-0.2, -0.15) is 0 Å². The third-order valence-electron chi connectivity index (χ3n) is 2.86. The van der Waals surface area contributed by atoms with Gasteiger partial charge in [0.2, 0.25) is 0 Å². The SMILES string of the molecule is CN(C)Cc1cccc(NCc2ccc(O)cc2)c1. The quantitative estimate of drug-likeness (QED) is 0.863. The Hall–Kier alpha value is -2.00. The molecule has 100 valence electrons. The molecule has 3 heteroatoms. The Bertz CT molecular complexity index is 521. The first-order valence-corrected chi connectivity index (χ1v) is 6.39. The first-order chi connectivity index (χ1) is 9.13. The lowest BCUT2D eigenvalue weighted by molar-refractivity contribution is 0.402. The summed E-state index contributed by atoms with van der Waals surface area (Å²) in [4.78, 5) is 2.15. The van der Waals surface area contributed by atoms with Gasteiger partial charge in [0, 0.05) is 18.8 Å². The van der Waals surface area contributed by atoms with Gasteiger partial charge in [0.25, 0.3) is 0 Å². The van der Waals surface area contributed by atoms with Crippen molar-refractivity contribution >= 4 is 5.69 Å². The Labute approximate surface area is 114 Å². The van der Waals surface area contributed by atoms with Gasteiger partial charge in [-0.05, 0) is 49.5 Å². The van der Waals surface area contributed by atoms with Crippen molar-refractivity contribution in [2.45, 2.75) is 13.1 Å². The summed E-state index contributed by atoms with van der Waals surface area (Å²) in [6.45, 7) is 1.69. The van der Waals surface area contributed by atoms with Gasteiger partial charge in [-0.3, -0.25) is 0 Å². The van der Waals surface area contributed by atoms with Crippen molar-refractivity contribution in [3.63, 3.8) is 0 Å². The molecule has 0 amide bonds. The molecular weight excluding hydrogens is 236 g/mol. The van der Waals surface area contributed by atoms with E-state index in [4.69, 9.17) is 0 Å². The molecule has 19 heavy (non-hydrogen) atoms. The fraction of sp³-hybridized carbons (Fsp3) is 0.250. The molecule has 0 aromatic heterocycles. The van der Waals surface area contributed by atoms with Gasteiger partial charge in [0.1, 0.15) is 5.75 Å². The summed E-state index contributed by atoms with van der Waals surface area (Å²) in [5.41, 5.74) is 3.56. The van der Waals surface area contributed by atoms with Crippen LogP contribution in [-0.4, -0.2) is 24.1 Å². The molecule has 0 saturated heterocycles. The highest BCUT2D eigenvalue weighted by Gasteiger charge is 1.98. The van der Waals surface area contributed by atoms with E-state index in [1.807, 2.05) is 12.1 Å². The number of nitrogens with zero attached hydrogens (tertiary/aromatic N) is 1. The number of phenols is 1. The lowest BCUT2D eigenvalue weighted by atomic mass is 10.1. The summed E-state index contributed by atoms with van der Waals surface area (Å²) in [5, 5.41) is 12.6. The second kappa shape index (κ2) is 6.25. The molecule has 0 spiro atoms. The Morgan fingerprint density at radius 1 is 1.00 bits per heavy atom. The van der Waals surface area contributed by atoms with E-state index in [2.05, 4.69) is 48.6 Å². The molecule has 3 nitrogen and oxygen atoms in total. The molecule has 2 rings (SSSR count). The van der Waals surface area contributed by atoms with Crippen LogP contribution in [0, 0.1) is 0 Å². The molecule has 0 unspecified atom stereocenters. The Kier molecular flexibility index (Phi) is 4.42. The summed E-state index contributed by atoms with van der Waals surface area (Å²) >= 11 is 0. The first-order valence-electron chi connectivity index (χ1n) is 6.39. The van der Waals surface area contributed by atoms with Gasteiger partial charge in [0.15, 0.2) is 0 Å². The van der Waals surface area contributed by atoms with Crippen molar-refractivity contribution in [3.05, 3.63) is 59.7 Å². The topological polar surface area (TPSA) is 35.5 Å². The molecule has 0 fully saturated rings. The maximum atomic E-state index is 9.24. The van der Waals surface area contributed by atoms with Crippen molar-refractivity contribution in [1.29, 1.82) is 0 Å². The van der Waals surface area contributed by atoms with Crippen LogP contribution in [0.25, 0.3) is 0 Å². The minimum absolute atomic E-state index is 0.303. The largest absolute Gasteiger partial charge is 0.508 e. The molecule has 0 radical (unpaired) electrons. The van der Waals surface area contributed by atoms with E-state index < -0.39 is 0 Å². The fourth-order valence-electron chi connectivity index (χ4n) is 1.96. The molecule has 0 aliphatic heterocycles. The summed E-state index contributed by atoms with van der Waals surface area (Å²) in [6.07, 6.45) is 0. The van der Waals surface area contributed by atoms with Gasteiger partial charge in [0.05, 0.1) is 0 Å². The number of hydrogen-bond acceptors (Lipinski definition) is 3. The van der Waals surface area contributed by atoms with Crippen LogP contribution in [0.4, 0.5) is 5.69 Å². The standard InChI is InChI=1S/C16H20N2O/c1-18(2)12-14-4-3-5-15(10-14)17-11-13-6-8-16(19)9-7-13/h3-10,17,19H,11-12H2,1-2H3. The van der Waals surface area contributed by atoms with E-state index in [0.717, 1.165) is 24.3 Å². The van der Waals surface area contributed by atoms with Crippen LogP contribution in [0.2, 0.25) is 0 Å². The smallest absolute Gasteiger partial charge is 0.115 e. The van der Waals surface area contributed by atoms with E-state index in [1.165, 1.54) is 5.56 Å². The lowest BCUT2D eigenvalue weighted by Crippen LogP contribution is -2.10. The number of hydrogen-bond donors (Lipinski definition) is 2. The molecule has 0 bridgehead atoms. The van der Waals surface area contributed by atoms with E-state index in [0.29, 0.717) is 5.75 Å². The zero-order valence-corrected chi connectivity index (χ0v) is 11.4. The second-order valence-corrected chi connectivity index (χ2v) is 4.96. The van der Waals surface area contributed by atoms with Gasteiger partial charge in [-0.1, -0.05) is 24.3 Å². The molecular formula is C16H20N2O. The maximum absolute atomic E-state index is 9.24. The fourth-order valence-corrected chi connectivity index (χ4v) is 1.96. The van der Waals surface area contributed by atoms with Gasteiger partial charge in [-0.15, -0.1) is 0 Å². The summed E-state index contributed by atoms with van der Waals surface area (Å²) in [5.74, 6) is 0.303. The van der Waals surface area contributed by atoms with E-state index >= 15 is 0 Å². The van der Waals surface area contributed by atoms with E-state index in [9.17, 15) is 5.11 Å². The summed E-state index contributed by atoms with van der Waals surface area (Å²) in [6, 6.07) is 15.7. The van der Waals surface area contributed by atoms with Crippen LogP contribution >= 0.6 is 0 Å². The minimum atomic E-state index is 0.303. The second-order valence-electron chi connectivity index (χ2n) is 4.96. The Morgan fingerprint density at radius 3 is 2.42 bits per heavy atom. The van der Waals surface area contributed by atoms with Crippen LogP contribution in [0.3, 0.4) is 0 Å². The Balaban J connectivity index is 1.97. The minimum Gasteiger partial charge on any atom is -0.508 e. The molecule has 0 atom stereocenters. The first kappa shape index (κ1) is 13.4. The number of nitrogens with one attached hydrogen (secondary N) is 1. The average molecular weight is 256 g/mol. The molecule has 0 aliphatic rings. The highest BCUT2D eigenvalue weighted by Crippen LogP contribution is 2.14. The van der Waals surface area contributed by atoms with Crippen molar-refractivity contribution in [2.24, 2.45) is 0 Å². The number of anilines is 1. The predicted molar refractivity (Wildman–Crippen MR) is 79.3 cm³/mol. The van der Waals surface area contributed by atoms with Crippen molar-refractivity contribution in [2.75, 3.05) is 19.4 Å². The lowest BCUT2D eigenvalue weighted by Gasteiger charge is -2.12. The number of benzene rings is 2. The van der Waals surface area contributed by atoms with Crippen LogP contribution in [0.1, 0.15) is 11.1 Å². The number of aromatic hydroxyl groups is 1. The molecule has 2 N–H and O–H groups in total. The predicted octanol–water partition coefficient (Wildman–Crippen LogP) is 3.07. The van der Waals surface area contributed by atoms with Gasteiger partial charge in [-0.25, -0.2) is 0 Å². The number of rotatable bonds is 5. The van der Waals surface area contributed by atoms with Gasteiger partial charge < -0.3 is 15.3 Å². The Morgan fingerprint density at radius 2 is 1.74 bits per heavy atom. The molecule has 0 saturated carbocycles. The summed E-state index contributed by atoms with van der Waals surface area (Å²) < 4.78 is 0. The third-order valence-corrected chi connectivity index (χ3v) is 2.86. The molecule has 2 aromatic carbocycles.